The van der Waals surface area contributed by atoms with E-state index in [-0.39, 0.29) is 0 Å². The lowest BCUT2D eigenvalue weighted by atomic mass is 10.3. The van der Waals surface area contributed by atoms with E-state index in [1.54, 1.807) is 11.3 Å². The van der Waals surface area contributed by atoms with Gasteiger partial charge in [-0.2, -0.15) is 0 Å². The van der Waals surface area contributed by atoms with Crippen LogP contribution in [0, 0.1) is 6.92 Å². The molecule has 0 atom stereocenters. The van der Waals surface area contributed by atoms with E-state index in [1.807, 2.05) is 19.1 Å². The van der Waals surface area contributed by atoms with Crippen LogP contribution in [0.15, 0.2) is 23.6 Å². The van der Waals surface area contributed by atoms with Crippen LogP contribution in [0.3, 0.4) is 0 Å². The van der Waals surface area contributed by atoms with Gasteiger partial charge in [-0.25, -0.2) is 4.98 Å². The summed E-state index contributed by atoms with van der Waals surface area (Å²) in [4.78, 5) is 11.2. The molecule has 2 aromatic heterocycles. The molecule has 0 unspecified atom stereocenters. The molecule has 0 saturated heterocycles. The average Bonchev–Trinajstić information content (AvgIpc) is 2.76. The minimum atomic E-state index is 0.522. The highest BCUT2D eigenvalue weighted by atomic mass is 32.1. The number of rotatable bonds is 5. The Kier molecular flexibility index (Phi) is 4.41. The second-order valence-corrected chi connectivity index (χ2v) is 5.32. The van der Waals surface area contributed by atoms with Crippen molar-refractivity contribution in [2.24, 2.45) is 5.73 Å². The summed E-state index contributed by atoms with van der Waals surface area (Å²) in [6.45, 7) is 4.19. The third-order valence-corrected chi connectivity index (χ3v) is 3.50. The minimum absolute atomic E-state index is 0.522. The number of hydrogen-bond donors (Lipinski definition) is 1. The molecule has 0 amide bonds. The molecule has 0 radical (unpaired) electrons. The molecule has 0 aliphatic rings. The van der Waals surface area contributed by atoms with E-state index in [2.05, 4.69) is 33.4 Å². The van der Waals surface area contributed by atoms with Crippen LogP contribution in [-0.2, 0) is 19.6 Å². The van der Waals surface area contributed by atoms with E-state index in [4.69, 9.17) is 5.73 Å². The lowest BCUT2D eigenvalue weighted by molar-refractivity contribution is 0.311. The zero-order chi connectivity index (χ0) is 13.0. The molecule has 0 aromatic carbocycles. The Morgan fingerprint density at radius 3 is 2.67 bits per heavy atom. The second-order valence-electron chi connectivity index (χ2n) is 4.38. The fourth-order valence-electron chi connectivity index (χ4n) is 1.81. The van der Waals surface area contributed by atoms with Gasteiger partial charge in [0, 0.05) is 30.7 Å². The smallest absolute Gasteiger partial charge is 0.106 e. The number of hydrogen-bond acceptors (Lipinski definition) is 5. The van der Waals surface area contributed by atoms with E-state index >= 15 is 0 Å². The Morgan fingerprint density at radius 1 is 1.22 bits per heavy atom. The van der Waals surface area contributed by atoms with Crippen molar-refractivity contribution in [3.63, 3.8) is 0 Å². The van der Waals surface area contributed by atoms with E-state index in [9.17, 15) is 0 Å². The van der Waals surface area contributed by atoms with Gasteiger partial charge < -0.3 is 5.73 Å². The van der Waals surface area contributed by atoms with E-state index in [1.165, 1.54) is 0 Å². The monoisotopic (exact) mass is 262 g/mol. The van der Waals surface area contributed by atoms with Crippen molar-refractivity contribution in [2.75, 3.05) is 7.05 Å². The van der Waals surface area contributed by atoms with Crippen molar-refractivity contribution < 1.29 is 0 Å². The van der Waals surface area contributed by atoms with Crippen molar-refractivity contribution in [3.8, 4) is 0 Å². The summed E-state index contributed by atoms with van der Waals surface area (Å²) in [5.74, 6) is 0. The van der Waals surface area contributed by atoms with Crippen LogP contribution in [0.25, 0.3) is 0 Å². The summed E-state index contributed by atoms with van der Waals surface area (Å²) in [6.07, 6.45) is 0. The molecule has 2 heterocycles. The molecule has 4 nitrogen and oxygen atoms in total. The van der Waals surface area contributed by atoms with Crippen molar-refractivity contribution in [1.82, 2.24) is 14.9 Å². The predicted octanol–water partition coefficient (Wildman–Crippen LogP) is 1.94. The van der Waals surface area contributed by atoms with Crippen LogP contribution in [-0.4, -0.2) is 21.9 Å². The van der Waals surface area contributed by atoms with Gasteiger partial charge in [0.05, 0.1) is 11.4 Å². The maximum absolute atomic E-state index is 5.56. The molecule has 0 fully saturated rings. The fourth-order valence-corrected chi connectivity index (χ4v) is 2.48. The molecule has 0 aliphatic carbocycles. The summed E-state index contributed by atoms with van der Waals surface area (Å²) in [6, 6.07) is 6.11. The molecule has 0 aliphatic heterocycles. The molecular formula is C13H18N4S. The van der Waals surface area contributed by atoms with E-state index in [0.717, 1.165) is 35.2 Å². The fraction of sp³-hybridized carbons (Fsp3) is 0.385. The van der Waals surface area contributed by atoms with Gasteiger partial charge in [0.15, 0.2) is 0 Å². The maximum Gasteiger partial charge on any atom is 0.106 e. The first-order valence-electron chi connectivity index (χ1n) is 5.92. The highest BCUT2D eigenvalue weighted by Gasteiger charge is 2.06. The lowest BCUT2D eigenvalue weighted by Crippen LogP contribution is -2.18. The Labute approximate surface area is 111 Å². The topological polar surface area (TPSA) is 55.0 Å². The standard InChI is InChI=1S/C13H18N4S/c1-10-4-3-5-11(15-10)7-17(2)8-12-9-18-13(6-14)16-12/h3-5,9H,6-8,14H2,1-2H3. The zero-order valence-electron chi connectivity index (χ0n) is 10.8. The van der Waals surface area contributed by atoms with Gasteiger partial charge in [-0.05, 0) is 26.1 Å². The van der Waals surface area contributed by atoms with Crippen LogP contribution in [0.1, 0.15) is 22.1 Å². The Hall–Kier alpha value is -1.30. The van der Waals surface area contributed by atoms with Crippen LogP contribution in [0.4, 0.5) is 0 Å². The highest BCUT2D eigenvalue weighted by Crippen LogP contribution is 2.11. The van der Waals surface area contributed by atoms with Crippen molar-refractivity contribution in [1.29, 1.82) is 0 Å². The van der Waals surface area contributed by atoms with Crippen LogP contribution in [0.5, 0.6) is 0 Å². The average molecular weight is 262 g/mol. The summed E-state index contributed by atoms with van der Waals surface area (Å²) in [5.41, 5.74) is 8.78. The van der Waals surface area contributed by atoms with Gasteiger partial charge in [0.2, 0.25) is 0 Å². The third-order valence-electron chi connectivity index (χ3n) is 2.58. The van der Waals surface area contributed by atoms with E-state index < -0.39 is 0 Å². The van der Waals surface area contributed by atoms with Gasteiger partial charge in [-0.3, -0.25) is 9.88 Å². The van der Waals surface area contributed by atoms with E-state index in [0.29, 0.717) is 6.54 Å². The quantitative estimate of drug-likeness (QED) is 0.894. The van der Waals surface area contributed by atoms with Crippen molar-refractivity contribution >= 4 is 11.3 Å². The molecule has 0 saturated carbocycles. The van der Waals surface area contributed by atoms with Crippen molar-refractivity contribution in [2.45, 2.75) is 26.6 Å². The Morgan fingerprint density at radius 2 is 2.00 bits per heavy atom. The van der Waals surface area contributed by atoms with Gasteiger partial charge in [0.25, 0.3) is 0 Å². The van der Waals surface area contributed by atoms with Gasteiger partial charge >= 0.3 is 0 Å². The number of nitrogens with two attached hydrogens (primary N) is 1. The third kappa shape index (κ3) is 3.60. The van der Waals surface area contributed by atoms with Crippen molar-refractivity contribution in [3.05, 3.63) is 45.7 Å². The van der Waals surface area contributed by atoms with Crippen LogP contribution >= 0.6 is 11.3 Å². The summed E-state index contributed by atoms with van der Waals surface area (Å²) in [7, 11) is 2.07. The minimum Gasteiger partial charge on any atom is -0.325 e. The first-order valence-corrected chi connectivity index (χ1v) is 6.80. The van der Waals surface area contributed by atoms with Gasteiger partial charge in [-0.1, -0.05) is 6.07 Å². The zero-order valence-corrected chi connectivity index (χ0v) is 11.6. The Balaban J connectivity index is 1.94. The van der Waals surface area contributed by atoms with Crippen LogP contribution in [0.2, 0.25) is 0 Å². The summed E-state index contributed by atoms with van der Waals surface area (Å²) in [5, 5.41) is 3.06. The molecule has 5 heteroatoms. The Bertz CT molecular complexity index is 509. The molecule has 0 bridgehead atoms. The number of thiazole rings is 1. The molecule has 0 spiro atoms. The number of aryl methyl sites for hydroxylation is 1. The summed E-state index contributed by atoms with van der Waals surface area (Å²) < 4.78 is 0. The lowest BCUT2D eigenvalue weighted by Gasteiger charge is -2.14. The first kappa shape index (κ1) is 13.1. The number of aromatic nitrogens is 2. The largest absolute Gasteiger partial charge is 0.325 e. The maximum atomic E-state index is 5.56. The highest BCUT2D eigenvalue weighted by molar-refractivity contribution is 7.09. The second kappa shape index (κ2) is 6.04. The van der Waals surface area contributed by atoms with Gasteiger partial charge in [0.1, 0.15) is 5.01 Å². The number of nitrogens with zero attached hydrogens (tertiary/aromatic N) is 3. The van der Waals surface area contributed by atoms with Crippen LogP contribution < -0.4 is 5.73 Å². The summed E-state index contributed by atoms with van der Waals surface area (Å²) >= 11 is 1.62. The molecule has 2 rings (SSSR count). The number of pyridine rings is 1. The first-order chi connectivity index (χ1) is 8.67. The van der Waals surface area contributed by atoms with Gasteiger partial charge in [-0.15, -0.1) is 11.3 Å². The molecule has 96 valence electrons. The SMILES string of the molecule is Cc1cccc(CN(C)Cc2csc(CN)n2)n1. The molecule has 2 N–H and O–H groups in total. The normalized spacial score (nSPS) is 11.1. The molecule has 2 aromatic rings. The molecular weight excluding hydrogens is 244 g/mol. The molecule has 18 heavy (non-hydrogen) atoms. The predicted molar refractivity (Wildman–Crippen MR) is 74.2 cm³/mol.